The molecule has 0 saturated heterocycles. The second-order valence-corrected chi connectivity index (χ2v) is 5.38. The molecule has 0 radical (unpaired) electrons. The molecule has 1 aromatic carbocycles. The molecule has 0 unspecified atom stereocenters. The van der Waals surface area contributed by atoms with Gasteiger partial charge in [-0.05, 0) is 18.1 Å². The van der Waals surface area contributed by atoms with Gasteiger partial charge < -0.3 is 10.3 Å². The molecule has 2 N–H and O–H groups in total. The van der Waals surface area contributed by atoms with Gasteiger partial charge in [-0.15, -0.1) is 0 Å². The van der Waals surface area contributed by atoms with Gasteiger partial charge in [-0.1, -0.05) is 31.5 Å². The summed E-state index contributed by atoms with van der Waals surface area (Å²) in [6.07, 6.45) is 1.67. The zero-order chi connectivity index (χ0) is 14.2. The molecule has 2 aromatic rings. The number of aromatic nitrogens is 1. The van der Waals surface area contributed by atoms with Crippen LogP contribution < -0.4 is 5.73 Å². The Balaban J connectivity index is 2.66. The fraction of sp³-hybridized carbons (Fsp3) is 0.286. The van der Waals surface area contributed by atoms with E-state index in [1.54, 1.807) is 24.4 Å². The van der Waals surface area contributed by atoms with Crippen molar-refractivity contribution < 1.29 is 9.59 Å². The van der Waals surface area contributed by atoms with Crippen molar-refractivity contribution in [1.29, 1.82) is 0 Å². The number of rotatable bonds is 4. The van der Waals surface area contributed by atoms with Crippen molar-refractivity contribution >= 4 is 34.2 Å². The topological polar surface area (TPSA) is 65.1 Å². The second kappa shape index (κ2) is 5.05. The highest BCUT2D eigenvalue weighted by Crippen LogP contribution is 2.26. The van der Waals surface area contributed by atoms with Crippen LogP contribution in [-0.2, 0) is 11.3 Å². The zero-order valence-corrected chi connectivity index (χ0v) is 11.6. The van der Waals surface area contributed by atoms with Gasteiger partial charge in [0.15, 0.2) is 0 Å². The van der Waals surface area contributed by atoms with E-state index in [1.165, 1.54) is 0 Å². The second-order valence-electron chi connectivity index (χ2n) is 4.94. The number of hydrogen-bond donors (Lipinski definition) is 1. The maximum Gasteiger partial charge on any atom is 0.289 e. The highest BCUT2D eigenvalue weighted by atomic mass is 35.5. The molecule has 5 heteroatoms. The minimum absolute atomic E-state index is 0.333. The minimum atomic E-state index is -0.946. The predicted octanol–water partition coefficient (Wildman–Crippen LogP) is 2.62. The number of fused-ring (bicyclic) bond motifs is 1. The molecule has 19 heavy (non-hydrogen) atoms. The summed E-state index contributed by atoms with van der Waals surface area (Å²) >= 11 is 5.99. The van der Waals surface area contributed by atoms with E-state index in [-0.39, 0.29) is 0 Å². The summed E-state index contributed by atoms with van der Waals surface area (Å²) in [7, 11) is 0. The van der Waals surface area contributed by atoms with E-state index in [4.69, 9.17) is 17.3 Å². The highest BCUT2D eigenvalue weighted by molar-refractivity contribution is 6.44. The van der Waals surface area contributed by atoms with Crippen LogP contribution >= 0.6 is 11.6 Å². The Morgan fingerprint density at radius 2 is 2.05 bits per heavy atom. The smallest absolute Gasteiger partial charge is 0.289 e. The molecule has 0 aliphatic carbocycles. The van der Waals surface area contributed by atoms with Crippen molar-refractivity contribution in [3.05, 3.63) is 35.0 Å². The zero-order valence-electron chi connectivity index (χ0n) is 10.8. The number of halogens is 1. The van der Waals surface area contributed by atoms with E-state index in [9.17, 15) is 9.59 Å². The Morgan fingerprint density at radius 3 is 2.63 bits per heavy atom. The summed E-state index contributed by atoms with van der Waals surface area (Å²) in [5.41, 5.74) is 6.25. The average molecular weight is 279 g/mol. The first kappa shape index (κ1) is 13.6. The first-order chi connectivity index (χ1) is 8.90. The lowest BCUT2D eigenvalue weighted by atomic mass is 10.1. The van der Waals surface area contributed by atoms with E-state index < -0.39 is 11.7 Å². The monoisotopic (exact) mass is 278 g/mol. The molecule has 1 aromatic heterocycles. The summed E-state index contributed by atoms with van der Waals surface area (Å²) in [6, 6.07) is 5.23. The van der Waals surface area contributed by atoms with Crippen LogP contribution in [0, 0.1) is 5.92 Å². The van der Waals surface area contributed by atoms with Crippen LogP contribution in [0.3, 0.4) is 0 Å². The lowest BCUT2D eigenvalue weighted by Gasteiger charge is -2.08. The number of nitrogens with two attached hydrogens (primary N) is 1. The van der Waals surface area contributed by atoms with Crippen molar-refractivity contribution in [2.45, 2.75) is 20.4 Å². The maximum atomic E-state index is 11.8. The van der Waals surface area contributed by atoms with Crippen molar-refractivity contribution in [2.75, 3.05) is 0 Å². The van der Waals surface area contributed by atoms with E-state index in [0.717, 1.165) is 12.1 Å². The molecule has 1 heterocycles. The summed E-state index contributed by atoms with van der Waals surface area (Å²) in [4.78, 5) is 22.9. The summed E-state index contributed by atoms with van der Waals surface area (Å²) in [5.74, 6) is -1.21. The number of primary amides is 1. The Kier molecular flexibility index (Phi) is 3.62. The van der Waals surface area contributed by atoms with Crippen LogP contribution in [0.25, 0.3) is 10.9 Å². The normalized spacial score (nSPS) is 11.2. The predicted molar refractivity (Wildman–Crippen MR) is 75.3 cm³/mol. The first-order valence-corrected chi connectivity index (χ1v) is 6.40. The average Bonchev–Trinajstić information content (AvgIpc) is 2.65. The van der Waals surface area contributed by atoms with Gasteiger partial charge >= 0.3 is 0 Å². The van der Waals surface area contributed by atoms with Crippen LogP contribution in [0.2, 0.25) is 5.02 Å². The number of nitrogens with zero attached hydrogens (tertiary/aromatic N) is 1. The van der Waals surface area contributed by atoms with Gasteiger partial charge in [0.2, 0.25) is 0 Å². The Bertz CT molecular complexity index is 659. The number of carbonyl (C=O) groups excluding carboxylic acids is 2. The Labute approximate surface area is 116 Å². The van der Waals surface area contributed by atoms with Crippen molar-refractivity contribution in [2.24, 2.45) is 11.7 Å². The summed E-state index contributed by atoms with van der Waals surface area (Å²) in [6.45, 7) is 4.89. The summed E-state index contributed by atoms with van der Waals surface area (Å²) < 4.78 is 1.93. The van der Waals surface area contributed by atoms with Crippen LogP contribution in [0.5, 0.6) is 0 Å². The lowest BCUT2D eigenvalue weighted by Crippen LogP contribution is -2.22. The van der Waals surface area contributed by atoms with E-state index >= 15 is 0 Å². The fourth-order valence-electron chi connectivity index (χ4n) is 2.12. The number of benzene rings is 1. The quantitative estimate of drug-likeness (QED) is 0.690. The third-order valence-corrected chi connectivity index (χ3v) is 3.11. The van der Waals surface area contributed by atoms with Gasteiger partial charge in [-0.3, -0.25) is 9.59 Å². The molecule has 2 rings (SSSR count). The third-order valence-electron chi connectivity index (χ3n) is 2.87. The van der Waals surface area contributed by atoms with E-state index in [2.05, 4.69) is 13.8 Å². The molecule has 0 atom stereocenters. The van der Waals surface area contributed by atoms with Gasteiger partial charge in [-0.25, -0.2) is 0 Å². The number of amides is 1. The van der Waals surface area contributed by atoms with Crippen molar-refractivity contribution in [3.63, 3.8) is 0 Å². The van der Waals surface area contributed by atoms with Crippen LogP contribution in [0.1, 0.15) is 24.2 Å². The molecular weight excluding hydrogens is 264 g/mol. The van der Waals surface area contributed by atoms with E-state index in [1.807, 2.05) is 4.57 Å². The highest BCUT2D eigenvalue weighted by Gasteiger charge is 2.19. The van der Waals surface area contributed by atoms with Gasteiger partial charge in [0.1, 0.15) is 0 Å². The fourth-order valence-corrected chi connectivity index (χ4v) is 2.29. The van der Waals surface area contributed by atoms with Crippen molar-refractivity contribution in [3.8, 4) is 0 Å². The van der Waals surface area contributed by atoms with Crippen molar-refractivity contribution in [1.82, 2.24) is 4.57 Å². The third kappa shape index (κ3) is 2.63. The molecule has 0 aliphatic rings. The van der Waals surface area contributed by atoms with Crippen LogP contribution in [0.15, 0.2) is 24.4 Å². The molecule has 1 amide bonds. The molecule has 100 valence electrons. The molecule has 0 spiro atoms. The molecule has 4 nitrogen and oxygen atoms in total. The number of ketones is 1. The van der Waals surface area contributed by atoms with E-state index in [0.29, 0.717) is 21.9 Å². The molecule has 0 bridgehead atoms. The minimum Gasteiger partial charge on any atom is -0.363 e. The number of carbonyl (C=O) groups is 2. The molecule has 0 fully saturated rings. The van der Waals surface area contributed by atoms with Crippen LogP contribution in [-0.4, -0.2) is 16.3 Å². The number of Topliss-reactive ketones (excluding diaryl/α,β-unsaturated/α-hetero) is 1. The Morgan fingerprint density at radius 1 is 1.37 bits per heavy atom. The standard InChI is InChI=1S/C14H15ClN2O2/c1-8(2)6-17-7-11(13(18)14(16)19)10-4-3-9(15)5-12(10)17/h3-5,7-8H,6H2,1-2H3,(H2,16,19). The lowest BCUT2D eigenvalue weighted by molar-refractivity contribution is -0.114. The molecule has 0 saturated carbocycles. The first-order valence-electron chi connectivity index (χ1n) is 6.02. The summed E-state index contributed by atoms with van der Waals surface area (Å²) in [5, 5.41) is 1.29. The maximum absolute atomic E-state index is 11.8. The largest absolute Gasteiger partial charge is 0.363 e. The van der Waals surface area contributed by atoms with Gasteiger partial charge in [-0.2, -0.15) is 0 Å². The van der Waals surface area contributed by atoms with Gasteiger partial charge in [0.05, 0.1) is 11.1 Å². The molecule has 0 aliphatic heterocycles. The van der Waals surface area contributed by atoms with Gasteiger partial charge in [0.25, 0.3) is 11.7 Å². The molecular formula is C14H15ClN2O2. The SMILES string of the molecule is CC(C)Cn1cc(C(=O)C(N)=O)c2ccc(Cl)cc21. The van der Waals surface area contributed by atoms with Crippen LogP contribution in [0.4, 0.5) is 0 Å². The Hall–Kier alpha value is -1.81. The van der Waals surface area contributed by atoms with Gasteiger partial charge in [0, 0.05) is 23.2 Å². The number of hydrogen-bond acceptors (Lipinski definition) is 2.